The molecule has 0 saturated heterocycles. The molecule has 2 aromatic rings. The number of nitrogens with zero attached hydrogens (tertiary/aromatic N) is 2. The van der Waals surface area contributed by atoms with Gasteiger partial charge in [0.1, 0.15) is 10.9 Å². The smallest absolute Gasteiger partial charge is 0.269 e. The molecule has 0 bridgehead atoms. The van der Waals surface area contributed by atoms with Crippen molar-refractivity contribution in [2.24, 2.45) is 0 Å². The summed E-state index contributed by atoms with van der Waals surface area (Å²) in [7, 11) is -4.02. The van der Waals surface area contributed by atoms with Crippen molar-refractivity contribution in [3.63, 3.8) is 0 Å². The van der Waals surface area contributed by atoms with Crippen LogP contribution < -0.4 is 5.32 Å². The number of sulfonamides is 1. The zero-order chi connectivity index (χ0) is 24.9. The zero-order valence-corrected chi connectivity index (χ0v) is 20.7. The third kappa shape index (κ3) is 5.42. The molecule has 182 valence electrons. The Bertz CT molecular complexity index is 1180. The topological polar surface area (TPSA) is 104 Å². The Morgan fingerprint density at radius 3 is 2.47 bits per heavy atom. The first kappa shape index (κ1) is 25.7. The SMILES string of the molecule is CCCCNC(=O)C(C)N(Cc1ccccc1Cl)C(=O)CCN1C(=O)c2ccccc2S1(=O)=O. The van der Waals surface area contributed by atoms with Gasteiger partial charge in [-0.15, -0.1) is 0 Å². The van der Waals surface area contributed by atoms with Gasteiger partial charge in [-0.05, 0) is 37.1 Å². The molecule has 1 N–H and O–H groups in total. The van der Waals surface area contributed by atoms with Crippen molar-refractivity contribution in [1.82, 2.24) is 14.5 Å². The van der Waals surface area contributed by atoms with E-state index >= 15 is 0 Å². The van der Waals surface area contributed by atoms with Crippen molar-refractivity contribution < 1.29 is 22.8 Å². The van der Waals surface area contributed by atoms with E-state index in [0.717, 1.165) is 17.1 Å². The van der Waals surface area contributed by atoms with Crippen LogP contribution in [0.5, 0.6) is 0 Å². The second-order valence-electron chi connectivity index (χ2n) is 8.06. The van der Waals surface area contributed by atoms with Gasteiger partial charge in [0.15, 0.2) is 0 Å². The number of nitrogens with one attached hydrogen (secondary N) is 1. The second-order valence-corrected chi connectivity index (χ2v) is 10.3. The van der Waals surface area contributed by atoms with E-state index in [1.54, 1.807) is 43.3 Å². The molecule has 34 heavy (non-hydrogen) atoms. The number of halogens is 1. The number of fused-ring (bicyclic) bond motifs is 1. The molecule has 0 spiro atoms. The summed E-state index contributed by atoms with van der Waals surface area (Å²) in [5.74, 6) is -1.44. The third-order valence-electron chi connectivity index (χ3n) is 5.74. The van der Waals surface area contributed by atoms with Gasteiger partial charge in [0.05, 0.1) is 5.56 Å². The van der Waals surface area contributed by atoms with Crippen molar-refractivity contribution in [2.45, 2.75) is 50.6 Å². The Labute approximate surface area is 204 Å². The lowest BCUT2D eigenvalue weighted by molar-refractivity contribution is -0.140. The van der Waals surface area contributed by atoms with Gasteiger partial charge in [-0.2, -0.15) is 0 Å². The molecule has 0 radical (unpaired) electrons. The molecule has 3 amide bonds. The van der Waals surface area contributed by atoms with E-state index in [2.05, 4.69) is 5.32 Å². The maximum Gasteiger partial charge on any atom is 0.269 e. The Morgan fingerprint density at radius 2 is 1.79 bits per heavy atom. The molecule has 1 atom stereocenters. The van der Waals surface area contributed by atoms with Crippen LogP contribution in [0.2, 0.25) is 5.02 Å². The van der Waals surface area contributed by atoms with Gasteiger partial charge < -0.3 is 10.2 Å². The maximum absolute atomic E-state index is 13.3. The van der Waals surface area contributed by atoms with Crippen LogP contribution in [0, 0.1) is 0 Å². The molecule has 0 aromatic heterocycles. The molecule has 10 heteroatoms. The number of benzene rings is 2. The highest BCUT2D eigenvalue weighted by atomic mass is 35.5. The van der Waals surface area contributed by atoms with Gasteiger partial charge in [0.2, 0.25) is 11.8 Å². The molecule has 1 aliphatic rings. The highest BCUT2D eigenvalue weighted by Gasteiger charge is 2.41. The zero-order valence-electron chi connectivity index (χ0n) is 19.2. The van der Waals surface area contributed by atoms with Crippen LogP contribution in [-0.2, 0) is 26.2 Å². The number of unbranched alkanes of at least 4 members (excludes halogenated alkanes) is 1. The lowest BCUT2D eigenvalue weighted by atomic mass is 10.1. The van der Waals surface area contributed by atoms with Crippen LogP contribution in [0.3, 0.4) is 0 Å². The minimum absolute atomic E-state index is 0.0657. The minimum Gasteiger partial charge on any atom is -0.354 e. The van der Waals surface area contributed by atoms with Gasteiger partial charge >= 0.3 is 0 Å². The fourth-order valence-electron chi connectivity index (χ4n) is 3.72. The number of hydrogen-bond donors (Lipinski definition) is 1. The summed E-state index contributed by atoms with van der Waals surface area (Å²) in [6.07, 6.45) is 1.46. The van der Waals surface area contributed by atoms with Gasteiger partial charge in [0, 0.05) is 31.1 Å². The summed E-state index contributed by atoms with van der Waals surface area (Å²) >= 11 is 6.28. The van der Waals surface area contributed by atoms with Crippen LogP contribution in [-0.4, -0.2) is 54.5 Å². The molecule has 8 nitrogen and oxygen atoms in total. The van der Waals surface area contributed by atoms with Crippen LogP contribution in [0.1, 0.15) is 49.0 Å². The average molecular weight is 506 g/mol. The van der Waals surface area contributed by atoms with Crippen molar-refractivity contribution >= 4 is 39.3 Å². The second kappa shape index (κ2) is 11.0. The summed E-state index contributed by atoms with van der Waals surface area (Å²) in [4.78, 5) is 39.9. The predicted octanol–water partition coefficient (Wildman–Crippen LogP) is 3.21. The van der Waals surface area contributed by atoms with E-state index in [1.807, 2.05) is 6.92 Å². The molecular formula is C24H28ClN3O5S. The highest BCUT2D eigenvalue weighted by Crippen LogP contribution is 2.30. The van der Waals surface area contributed by atoms with E-state index < -0.39 is 27.9 Å². The van der Waals surface area contributed by atoms with Gasteiger partial charge in [0.25, 0.3) is 15.9 Å². The van der Waals surface area contributed by atoms with Crippen molar-refractivity contribution in [3.05, 3.63) is 64.7 Å². The van der Waals surface area contributed by atoms with E-state index in [1.165, 1.54) is 17.0 Å². The number of amides is 3. The molecule has 3 rings (SSSR count). The number of carbonyl (C=O) groups excluding carboxylic acids is 3. The Morgan fingerprint density at radius 1 is 1.12 bits per heavy atom. The monoisotopic (exact) mass is 505 g/mol. The fraction of sp³-hybridized carbons (Fsp3) is 0.375. The fourth-order valence-corrected chi connectivity index (χ4v) is 5.49. The lowest BCUT2D eigenvalue weighted by Crippen LogP contribution is -2.48. The summed E-state index contributed by atoms with van der Waals surface area (Å²) in [5.41, 5.74) is 0.745. The van der Waals surface area contributed by atoms with E-state index in [0.29, 0.717) is 17.1 Å². The van der Waals surface area contributed by atoms with Gasteiger partial charge in [-0.25, -0.2) is 12.7 Å². The molecule has 2 aromatic carbocycles. The van der Waals surface area contributed by atoms with E-state index in [9.17, 15) is 22.8 Å². The van der Waals surface area contributed by atoms with Crippen LogP contribution >= 0.6 is 11.6 Å². The lowest BCUT2D eigenvalue weighted by Gasteiger charge is -2.29. The van der Waals surface area contributed by atoms with Gasteiger partial charge in [-0.3, -0.25) is 14.4 Å². The summed E-state index contributed by atoms with van der Waals surface area (Å²) in [6, 6.07) is 12.1. The first-order valence-electron chi connectivity index (χ1n) is 11.1. The molecule has 1 unspecified atom stereocenters. The molecule has 0 aliphatic carbocycles. The quantitative estimate of drug-likeness (QED) is 0.499. The number of hydrogen-bond acceptors (Lipinski definition) is 5. The summed E-state index contributed by atoms with van der Waals surface area (Å²) < 4.78 is 26.3. The Kier molecular flexibility index (Phi) is 8.33. The summed E-state index contributed by atoms with van der Waals surface area (Å²) in [6.45, 7) is 3.87. The molecule has 1 aliphatic heterocycles. The van der Waals surface area contributed by atoms with Gasteiger partial charge in [-0.1, -0.05) is 55.3 Å². The van der Waals surface area contributed by atoms with E-state index in [-0.39, 0.29) is 35.9 Å². The normalized spacial score (nSPS) is 15.0. The molecule has 0 fully saturated rings. The first-order chi connectivity index (χ1) is 16.2. The third-order valence-corrected chi connectivity index (χ3v) is 7.95. The molecular weight excluding hydrogens is 478 g/mol. The largest absolute Gasteiger partial charge is 0.354 e. The predicted molar refractivity (Wildman–Crippen MR) is 129 cm³/mol. The molecule has 1 heterocycles. The molecule has 0 saturated carbocycles. The highest BCUT2D eigenvalue weighted by molar-refractivity contribution is 7.90. The standard InChI is InChI=1S/C24H28ClN3O5S/c1-3-4-14-26-23(30)17(2)27(16-18-9-5-7-11-20(18)25)22(29)13-15-28-24(31)19-10-6-8-12-21(19)34(28,32)33/h5-12,17H,3-4,13-16H2,1-2H3,(H,26,30). The van der Waals surface area contributed by atoms with Crippen molar-refractivity contribution in [2.75, 3.05) is 13.1 Å². The maximum atomic E-state index is 13.3. The van der Waals surface area contributed by atoms with Crippen molar-refractivity contribution in [3.8, 4) is 0 Å². The minimum atomic E-state index is -4.02. The van der Waals surface area contributed by atoms with Crippen LogP contribution in [0.4, 0.5) is 0 Å². The van der Waals surface area contributed by atoms with Crippen LogP contribution in [0.15, 0.2) is 53.4 Å². The Balaban J connectivity index is 1.78. The van der Waals surface area contributed by atoms with E-state index in [4.69, 9.17) is 11.6 Å². The van der Waals surface area contributed by atoms with Crippen molar-refractivity contribution in [1.29, 1.82) is 0 Å². The number of rotatable bonds is 10. The first-order valence-corrected chi connectivity index (χ1v) is 13.0. The number of carbonyl (C=O) groups is 3. The summed E-state index contributed by atoms with van der Waals surface area (Å²) in [5, 5.41) is 3.27. The Hall–Kier alpha value is -2.91. The van der Waals surface area contributed by atoms with Crippen LogP contribution in [0.25, 0.3) is 0 Å². The average Bonchev–Trinajstić information content (AvgIpc) is 3.01.